The molecule has 1 aliphatic rings. The quantitative estimate of drug-likeness (QED) is 0.706. The molecule has 0 saturated carbocycles. The lowest BCUT2D eigenvalue weighted by Crippen LogP contribution is -2.45. The second kappa shape index (κ2) is 10.4. The Labute approximate surface area is 175 Å². The van der Waals surface area contributed by atoms with E-state index in [0.29, 0.717) is 29.4 Å². The number of amides is 1. The molecule has 5 nitrogen and oxygen atoms in total. The Morgan fingerprint density at radius 2 is 1.90 bits per heavy atom. The molecule has 2 aromatic carbocycles. The van der Waals surface area contributed by atoms with Crippen molar-refractivity contribution in [3.63, 3.8) is 0 Å². The molecule has 1 aliphatic heterocycles. The number of para-hydroxylation sites is 1. The van der Waals surface area contributed by atoms with Crippen LogP contribution in [0.25, 0.3) is 0 Å². The van der Waals surface area contributed by atoms with Crippen molar-refractivity contribution in [2.75, 3.05) is 18.4 Å². The van der Waals surface area contributed by atoms with Crippen LogP contribution in [0.4, 0.5) is 20.2 Å². The number of halogens is 3. The highest BCUT2D eigenvalue weighted by Gasteiger charge is 2.27. The number of benzene rings is 2. The summed E-state index contributed by atoms with van der Waals surface area (Å²) in [5, 5.41) is 3.19. The molecule has 158 valence electrons. The summed E-state index contributed by atoms with van der Waals surface area (Å²) < 4.78 is 28.9. The van der Waals surface area contributed by atoms with Crippen molar-refractivity contribution in [3.05, 3.63) is 54.1 Å². The lowest BCUT2D eigenvalue weighted by molar-refractivity contribution is -0.0498. The van der Waals surface area contributed by atoms with E-state index in [-0.39, 0.29) is 30.1 Å². The van der Waals surface area contributed by atoms with Gasteiger partial charge in [-0.25, -0.2) is 0 Å². The largest absolute Gasteiger partial charge is 0.435 e. The highest BCUT2D eigenvalue weighted by atomic mass is 35.5. The summed E-state index contributed by atoms with van der Waals surface area (Å²) in [5.74, 6) is 0.353. The molecule has 0 spiro atoms. The van der Waals surface area contributed by atoms with Gasteiger partial charge in [-0.1, -0.05) is 12.1 Å². The third-order valence-corrected chi connectivity index (χ3v) is 5.00. The second-order valence-corrected chi connectivity index (χ2v) is 7.09. The number of nitrogens with zero attached hydrogens (tertiary/aromatic N) is 1. The number of alkyl halides is 2. The standard InChI is InChI=1S/C21H25F2N3O2.ClH/c1-14(24)15-5-4-12-26(13-15)20(27)18-6-2-3-7-19(18)25-16-8-10-17(11-9-16)28-21(22)23;/h2-3,6-11,14-15,21,25H,4-5,12-13,24H2,1H3;1H. The third kappa shape index (κ3) is 6.05. The lowest BCUT2D eigenvalue weighted by Gasteiger charge is -2.35. The molecule has 3 N–H and O–H groups in total. The van der Waals surface area contributed by atoms with Crippen LogP contribution in [-0.2, 0) is 0 Å². The molecule has 0 radical (unpaired) electrons. The van der Waals surface area contributed by atoms with Crippen molar-refractivity contribution >= 4 is 29.7 Å². The molecule has 1 heterocycles. The summed E-state index contributed by atoms with van der Waals surface area (Å²) in [6.45, 7) is 0.498. The average Bonchev–Trinajstić information content (AvgIpc) is 2.69. The fraction of sp³-hybridized carbons (Fsp3) is 0.381. The van der Waals surface area contributed by atoms with Crippen molar-refractivity contribution in [2.24, 2.45) is 11.7 Å². The summed E-state index contributed by atoms with van der Waals surface area (Å²) in [6.07, 6.45) is 1.98. The van der Waals surface area contributed by atoms with Gasteiger partial charge in [0, 0.05) is 24.8 Å². The Bertz CT molecular complexity index is 803. The van der Waals surface area contributed by atoms with Gasteiger partial charge in [-0.05, 0) is 62.1 Å². The summed E-state index contributed by atoms with van der Waals surface area (Å²) in [6, 6.07) is 13.5. The number of nitrogens with one attached hydrogen (secondary N) is 1. The highest BCUT2D eigenvalue weighted by Crippen LogP contribution is 2.26. The van der Waals surface area contributed by atoms with E-state index in [1.807, 2.05) is 30.0 Å². The molecular weight excluding hydrogens is 400 g/mol. The van der Waals surface area contributed by atoms with Gasteiger partial charge >= 0.3 is 6.61 Å². The molecule has 2 unspecified atom stereocenters. The third-order valence-electron chi connectivity index (χ3n) is 5.00. The maximum atomic E-state index is 13.1. The van der Waals surface area contributed by atoms with Gasteiger partial charge in [0.1, 0.15) is 5.75 Å². The lowest BCUT2D eigenvalue weighted by atomic mass is 9.91. The first-order valence-corrected chi connectivity index (χ1v) is 9.40. The van der Waals surface area contributed by atoms with E-state index < -0.39 is 6.61 Å². The first-order chi connectivity index (χ1) is 13.4. The predicted octanol–water partition coefficient (Wildman–Crippen LogP) is 4.65. The van der Waals surface area contributed by atoms with Crippen molar-refractivity contribution in [1.29, 1.82) is 0 Å². The fourth-order valence-corrected chi connectivity index (χ4v) is 3.45. The number of hydrogen-bond donors (Lipinski definition) is 2. The Hall–Kier alpha value is -2.38. The molecule has 29 heavy (non-hydrogen) atoms. The zero-order chi connectivity index (χ0) is 20.1. The number of piperidine rings is 1. The zero-order valence-electron chi connectivity index (χ0n) is 16.2. The van der Waals surface area contributed by atoms with Gasteiger partial charge in [-0.3, -0.25) is 4.79 Å². The monoisotopic (exact) mass is 425 g/mol. The van der Waals surface area contributed by atoms with E-state index in [1.165, 1.54) is 12.1 Å². The molecule has 0 aliphatic carbocycles. The first kappa shape index (κ1) is 22.9. The molecule has 0 aromatic heterocycles. The topological polar surface area (TPSA) is 67.6 Å². The molecule has 1 saturated heterocycles. The van der Waals surface area contributed by atoms with Crippen molar-refractivity contribution in [3.8, 4) is 5.75 Å². The Morgan fingerprint density at radius 3 is 2.55 bits per heavy atom. The second-order valence-electron chi connectivity index (χ2n) is 7.09. The van der Waals surface area contributed by atoms with Crippen LogP contribution in [0.5, 0.6) is 5.75 Å². The number of ether oxygens (including phenoxy) is 1. The van der Waals surface area contributed by atoms with Gasteiger partial charge in [0.05, 0.1) is 11.3 Å². The van der Waals surface area contributed by atoms with Crippen LogP contribution in [0.1, 0.15) is 30.1 Å². The summed E-state index contributed by atoms with van der Waals surface area (Å²) >= 11 is 0. The highest BCUT2D eigenvalue weighted by molar-refractivity contribution is 6.00. The van der Waals surface area contributed by atoms with Crippen LogP contribution >= 0.6 is 12.4 Å². The van der Waals surface area contributed by atoms with E-state index >= 15 is 0 Å². The van der Waals surface area contributed by atoms with Crippen LogP contribution < -0.4 is 15.8 Å². The summed E-state index contributed by atoms with van der Waals surface area (Å²) in [4.78, 5) is 15.0. The number of anilines is 2. The minimum atomic E-state index is -2.86. The number of carbonyl (C=O) groups excluding carboxylic acids is 1. The Kier molecular flexibility index (Phi) is 8.22. The van der Waals surface area contributed by atoms with Gasteiger partial charge in [-0.15, -0.1) is 12.4 Å². The minimum Gasteiger partial charge on any atom is -0.435 e. The van der Waals surface area contributed by atoms with Crippen LogP contribution in [0.3, 0.4) is 0 Å². The number of carbonyl (C=O) groups is 1. The zero-order valence-corrected chi connectivity index (χ0v) is 17.0. The van der Waals surface area contributed by atoms with Gasteiger partial charge in [0.15, 0.2) is 0 Å². The van der Waals surface area contributed by atoms with E-state index in [4.69, 9.17) is 5.73 Å². The van der Waals surface area contributed by atoms with Gasteiger partial charge in [0.2, 0.25) is 0 Å². The SMILES string of the molecule is CC(N)C1CCCN(C(=O)c2ccccc2Nc2ccc(OC(F)F)cc2)C1.Cl. The normalized spacial score (nSPS) is 17.4. The van der Waals surface area contributed by atoms with E-state index in [2.05, 4.69) is 10.1 Å². The molecule has 2 aromatic rings. The smallest absolute Gasteiger partial charge is 0.387 e. The van der Waals surface area contributed by atoms with Gasteiger partial charge < -0.3 is 20.7 Å². The van der Waals surface area contributed by atoms with Crippen molar-refractivity contribution < 1.29 is 18.3 Å². The minimum absolute atomic E-state index is 0. The van der Waals surface area contributed by atoms with Gasteiger partial charge in [0.25, 0.3) is 5.91 Å². The van der Waals surface area contributed by atoms with Gasteiger partial charge in [-0.2, -0.15) is 8.78 Å². The van der Waals surface area contributed by atoms with E-state index in [0.717, 1.165) is 19.4 Å². The predicted molar refractivity (Wildman–Crippen MR) is 112 cm³/mol. The van der Waals surface area contributed by atoms with Crippen molar-refractivity contribution in [1.82, 2.24) is 4.90 Å². The summed E-state index contributed by atoms with van der Waals surface area (Å²) in [5.41, 5.74) is 7.94. The van der Waals surface area contributed by atoms with Crippen LogP contribution in [0, 0.1) is 5.92 Å². The number of hydrogen-bond acceptors (Lipinski definition) is 4. The molecule has 1 fully saturated rings. The van der Waals surface area contributed by atoms with Crippen LogP contribution in [0.15, 0.2) is 48.5 Å². The average molecular weight is 426 g/mol. The van der Waals surface area contributed by atoms with Crippen LogP contribution in [-0.4, -0.2) is 36.5 Å². The Balaban J connectivity index is 0.00000300. The molecule has 1 amide bonds. The molecular formula is C21H26ClF2N3O2. The first-order valence-electron chi connectivity index (χ1n) is 9.40. The van der Waals surface area contributed by atoms with E-state index in [1.54, 1.807) is 18.2 Å². The fourth-order valence-electron chi connectivity index (χ4n) is 3.45. The Morgan fingerprint density at radius 1 is 1.21 bits per heavy atom. The molecule has 8 heteroatoms. The molecule has 0 bridgehead atoms. The molecule has 2 atom stereocenters. The number of rotatable bonds is 6. The maximum absolute atomic E-state index is 13.1. The van der Waals surface area contributed by atoms with E-state index in [9.17, 15) is 13.6 Å². The van der Waals surface area contributed by atoms with Crippen LogP contribution in [0.2, 0.25) is 0 Å². The maximum Gasteiger partial charge on any atom is 0.387 e. The van der Waals surface area contributed by atoms with Crippen molar-refractivity contribution in [2.45, 2.75) is 32.4 Å². The number of likely N-dealkylation sites (tertiary alicyclic amines) is 1. The number of nitrogens with two attached hydrogens (primary N) is 1. The molecule has 3 rings (SSSR count). The summed E-state index contributed by atoms with van der Waals surface area (Å²) in [7, 11) is 0.